The van der Waals surface area contributed by atoms with E-state index in [0.29, 0.717) is 0 Å². The van der Waals surface area contributed by atoms with Crippen molar-refractivity contribution in [2.75, 3.05) is 26.0 Å². The number of amides is 2. The topological polar surface area (TPSA) is 58.6 Å². The number of esters is 1. The first-order valence-corrected chi connectivity index (χ1v) is 6.02. The van der Waals surface area contributed by atoms with Crippen molar-refractivity contribution in [3.63, 3.8) is 0 Å². The number of carbonyl (C=O) groups excluding carboxylic acids is 2. The van der Waals surface area contributed by atoms with E-state index in [-0.39, 0.29) is 12.6 Å². The second-order valence-corrected chi connectivity index (χ2v) is 4.64. The molecular weight excluding hydrogens is 244 g/mol. The normalized spacial score (nSPS) is 9.95. The first-order valence-electron chi connectivity index (χ1n) is 6.02. The van der Waals surface area contributed by atoms with Crippen LogP contribution < -0.4 is 5.32 Å². The largest absolute Gasteiger partial charge is 0.468 e. The molecule has 0 unspecified atom stereocenters. The molecule has 1 N–H and O–H groups in total. The van der Waals surface area contributed by atoms with Crippen molar-refractivity contribution in [3.05, 3.63) is 28.8 Å². The van der Waals surface area contributed by atoms with Crippen molar-refractivity contribution in [1.29, 1.82) is 0 Å². The first-order chi connectivity index (χ1) is 8.85. The van der Waals surface area contributed by atoms with E-state index in [9.17, 15) is 9.59 Å². The number of hydrogen-bond donors (Lipinski definition) is 1. The number of benzene rings is 1. The average molecular weight is 264 g/mol. The van der Waals surface area contributed by atoms with Gasteiger partial charge in [-0.05, 0) is 31.9 Å². The van der Waals surface area contributed by atoms with Crippen molar-refractivity contribution >= 4 is 17.7 Å². The van der Waals surface area contributed by atoms with E-state index in [1.54, 1.807) is 7.05 Å². The monoisotopic (exact) mass is 264 g/mol. The van der Waals surface area contributed by atoms with Gasteiger partial charge < -0.3 is 15.0 Å². The fourth-order valence-electron chi connectivity index (χ4n) is 1.91. The van der Waals surface area contributed by atoms with Gasteiger partial charge in [0.2, 0.25) is 0 Å². The molecule has 0 aliphatic carbocycles. The van der Waals surface area contributed by atoms with Gasteiger partial charge in [-0.25, -0.2) is 4.79 Å². The number of urea groups is 1. The molecule has 1 aromatic rings. The molecule has 0 saturated carbocycles. The molecule has 0 fully saturated rings. The minimum atomic E-state index is -0.449. The Hall–Kier alpha value is -2.04. The van der Waals surface area contributed by atoms with Crippen molar-refractivity contribution in [2.24, 2.45) is 0 Å². The van der Waals surface area contributed by atoms with E-state index in [4.69, 9.17) is 0 Å². The Balaban J connectivity index is 2.80. The Labute approximate surface area is 113 Å². The molecule has 0 radical (unpaired) electrons. The summed E-state index contributed by atoms with van der Waals surface area (Å²) >= 11 is 0. The van der Waals surface area contributed by atoms with E-state index >= 15 is 0 Å². The second kappa shape index (κ2) is 6.22. The van der Waals surface area contributed by atoms with Crippen LogP contribution in [0.5, 0.6) is 0 Å². The van der Waals surface area contributed by atoms with Crippen LogP contribution >= 0.6 is 0 Å². The van der Waals surface area contributed by atoms with Crippen LogP contribution in [0.2, 0.25) is 0 Å². The van der Waals surface area contributed by atoms with Crippen LogP contribution in [0.25, 0.3) is 0 Å². The maximum absolute atomic E-state index is 12.0. The molecule has 0 saturated heterocycles. The predicted octanol–water partition coefficient (Wildman–Crippen LogP) is 2.25. The summed E-state index contributed by atoms with van der Waals surface area (Å²) in [6.45, 7) is 5.81. The van der Waals surface area contributed by atoms with Gasteiger partial charge in [-0.2, -0.15) is 0 Å². The fraction of sp³-hybridized carbons (Fsp3) is 0.429. The molecule has 104 valence electrons. The first kappa shape index (κ1) is 15.0. The molecule has 5 nitrogen and oxygen atoms in total. The lowest BCUT2D eigenvalue weighted by Crippen LogP contribution is -2.36. The Morgan fingerprint density at radius 2 is 1.74 bits per heavy atom. The molecule has 0 aromatic heterocycles. The fourth-order valence-corrected chi connectivity index (χ4v) is 1.91. The van der Waals surface area contributed by atoms with Crippen LogP contribution in [0.15, 0.2) is 12.1 Å². The van der Waals surface area contributed by atoms with Crippen LogP contribution in [-0.2, 0) is 9.53 Å². The number of anilines is 1. The Bertz CT molecular complexity index is 474. The summed E-state index contributed by atoms with van der Waals surface area (Å²) in [5.74, 6) is -0.449. The third-order valence-corrected chi connectivity index (χ3v) is 2.85. The average Bonchev–Trinajstić information content (AvgIpc) is 2.32. The molecule has 2 amide bonds. The predicted molar refractivity (Wildman–Crippen MR) is 74.3 cm³/mol. The summed E-state index contributed by atoms with van der Waals surface area (Å²) in [4.78, 5) is 24.4. The summed E-state index contributed by atoms with van der Waals surface area (Å²) in [5, 5.41) is 2.81. The maximum Gasteiger partial charge on any atom is 0.325 e. The smallest absolute Gasteiger partial charge is 0.325 e. The number of methoxy groups -OCH3 is 1. The van der Waals surface area contributed by atoms with Gasteiger partial charge >= 0.3 is 12.0 Å². The maximum atomic E-state index is 12.0. The lowest BCUT2D eigenvalue weighted by molar-refractivity contribution is -0.140. The number of aryl methyl sites for hydroxylation is 3. The summed E-state index contributed by atoms with van der Waals surface area (Å²) < 4.78 is 4.52. The molecule has 1 aromatic carbocycles. The highest BCUT2D eigenvalue weighted by Gasteiger charge is 2.15. The molecular formula is C14H20N2O3. The quantitative estimate of drug-likeness (QED) is 0.852. The minimum Gasteiger partial charge on any atom is -0.468 e. The molecule has 0 bridgehead atoms. The molecule has 0 heterocycles. The van der Waals surface area contributed by atoms with E-state index in [0.717, 1.165) is 22.4 Å². The SMILES string of the molecule is COC(=O)CN(C)C(=O)Nc1c(C)cc(C)cc1C. The highest BCUT2D eigenvalue weighted by molar-refractivity contribution is 5.92. The van der Waals surface area contributed by atoms with Crippen LogP contribution in [0.4, 0.5) is 10.5 Å². The third kappa shape index (κ3) is 3.98. The molecule has 0 aliphatic heterocycles. The Kier molecular flexibility index (Phi) is 4.92. The Morgan fingerprint density at radius 3 is 2.21 bits per heavy atom. The lowest BCUT2D eigenvalue weighted by atomic mass is 10.1. The number of likely N-dealkylation sites (N-methyl/N-ethyl adjacent to an activating group) is 1. The zero-order valence-electron chi connectivity index (χ0n) is 12.0. The number of hydrogen-bond acceptors (Lipinski definition) is 3. The summed E-state index contributed by atoms with van der Waals surface area (Å²) in [6, 6.07) is 3.67. The van der Waals surface area contributed by atoms with Gasteiger partial charge in [0, 0.05) is 12.7 Å². The molecule has 0 aliphatic rings. The van der Waals surface area contributed by atoms with E-state index in [1.165, 1.54) is 12.0 Å². The summed E-state index contributed by atoms with van der Waals surface area (Å²) in [7, 11) is 2.84. The number of ether oxygens (including phenoxy) is 1. The molecule has 0 atom stereocenters. The third-order valence-electron chi connectivity index (χ3n) is 2.85. The van der Waals surface area contributed by atoms with Gasteiger partial charge in [-0.1, -0.05) is 17.7 Å². The van der Waals surface area contributed by atoms with Crippen LogP contribution in [0.1, 0.15) is 16.7 Å². The molecule has 1 rings (SSSR count). The van der Waals surface area contributed by atoms with E-state index in [1.807, 2.05) is 32.9 Å². The van der Waals surface area contributed by atoms with Crippen molar-refractivity contribution in [2.45, 2.75) is 20.8 Å². The highest BCUT2D eigenvalue weighted by atomic mass is 16.5. The van der Waals surface area contributed by atoms with Crippen LogP contribution in [0, 0.1) is 20.8 Å². The van der Waals surface area contributed by atoms with Crippen molar-refractivity contribution in [3.8, 4) is 0 Å². The van der Waals surface area contributed by atoms with Gasteiger partial charge in [-0.15, -0.1) is 0 Å². The van der Waals surface area contributed by atoms with Crippen molar-refractivity contribution < 1.29 is 14.3 Å². The zero-order valence-corrected chi connectivity index (χ0v) is 12.0. The van der Waals surface area contributed by atoms with Crippen LogP contribution in [-0.4, -0.2) is 37.6 Å². The number of rotatable bonds is 3. The zero-order chi connectivity index (χ0) is 14.6. The van der Waals surface area contributed by atoms with Crippen LogP contribution in [0.3, 0.4) is 0 Å². The molecule has 19 heavy (non-hydrogen) atoms. The van der Waals surface area contributed by atoms with Crippen molar-refractivity contribution in [1.82, 2.24) is 4.90 Å². The summed E-state index contributed by atoms with van der Waals surface area (Å²) in [5.41, 5.74) is 3.93. The second-order valence-electron chi connectivity index (χ2n) is 4.64. The Morgan fingerprint density at radius 1 is 1.21 bits per heavy atom. The number of nitrogens with one attached hydrogen (secondary N) is 1. The van der Waals surface area contributed by atoms with Gasteiger partial charge in [-0.3, -0.25) is 4.79 Å². The van der Waals surface area contributed by atoms with Gasteiger partial charge in [0.15, 0.2) is 0 Å². The molecule has 5 heteroatoms. The van der Waals surface area contributed by atoms with Gasteiger partial charge in [0.05, 0.1) is 7.11 Å². The minimum absolute atomic E-state index is 0.0771. The van der Waals surface area contributed by atoms with Gasteiger partial charge in [0.25, 0.3) is 0 Å². The van der Waals surface area contributed by atoms with Gasteiger partial charge in [0.1, 0.15) is 6.54 Å². The lowest BCUT2D eigenvalue weighted by Gasteiger charge is -2.19. The van der Waals surface area contributed by atoms with E-state index in [2.05, 4.69) is 10.1 Å². The summed E-state index contributed by atoms with van der Waals surface area (Å²) in [6.07, 6.45) is 0. The molecule has 0 spiro atoms. The number of nitrogens with zero attached hydrogens (tertiary/aromatic N) is 1. The standard InChI is InChI=1S/C14H20N2O3/c1-9-6-10(2)13(11(3)7-9)15-14(18)16(4)8-12(17)19-5/h6-7H,8H2,1-5H3,(H,15,18). The highest BCUT2D eigenvalue weighted by Crippen LogP contribution is 2.22. The number of carbonyl (C=O) groups is 2. The van der Waals surface area contributed by atoms with E-state index < -0.39 is 5.97 Å².